The molecule has 0 amide bonds. The molecule has 0 saturated heterocycles. The van der Waals surface area contributed by atoms with Crippen molar-refractivity contribution in [2.75, 3.05) is 6.54 Å². The number of halogens is 2. The average Bonchev–Trinajstić information content (AvgIpc) is 3.05. The van der Waals surface area contributed by atoms with Crippen molar-refractivity contribution in [2.45, 2.75) is 39.9 Å². The maximum absolute atomic E-state index is 12.8. The molecule has 2 aromatic heterocycles. The Kier molecular flexibility index (Phi) is 5.12. The summed E-state index contributed by atoms with van der Waals surface area (Å²) in [6.45, 7) is 5.08. The molecule has 1 unspecified atom stereocenters. The highest BCUT2D eigenvalue weighted by Crippen LogP contribution is 2.22. The molecule has 1 N–H and O–H groups in total. The van der Waals surface area contributed by atoms with Gasteiger partial charge in [0.25, 0.3) is 0 Å². The number of nitrogens with one attached hydrogen (secondary N) is 1. The zero-order valence-corrected chi connectivity index (χ0v) is 12.6. The fourth-order valence-corrected chi connectivity index (χ4v) is 2.51. The van der Waals surface area contributed by atoms with Gasteiger partial charge in [0.05, 0.1) is 6.54 Å². The monoisotopic (exact) mass is 296 g/mol. The Labute approximate surface area is 123 Å². The van der Waals surface area contributed by atoms with Gasteiger partial charge in [-0.2, -0.15) is 8.78 Å². The molecule has 0 radical (unpaired) electrons. The molecule has 0 saturated carbocycles. The summed E-state index contributed by atoms with van der Waals surface area (Å²) in [5.41, 5.74) is 1.17. The second-order valence-corrected chi connectivity index (χ2v) is 5.42. The molecule has 0 aromatic carbocycles. The summed E-state index contributed by atoms with van der Waals surface area (Å²) in [7, 11) is 0. The summed E-state index contributed by atoms with van der Waals surface area (Å²) in [6, 6.07) is 2.30. The molecule has 0 fully saturated rings. The fraction of sp³-hybridized carbons (Fsp3) is 0.533. The third-order valence-corrected chi connectivity index (χ3v) is 3.51. The molecule has 1 atom stereocenters. The lowest BCUT2D eigenvalue weighted by Crippen LogP contribution is -2.25. The van der Waals surface area contributed by atoms with Crippen molar-refractivity contribution in [3.05, 3.63) is 42.2 Å². The number of nitrogens with zero attached hydrogens (tertiary/aromatic N) is 3. The van der Waals surface area contributed by atoms with Gasteiger partial charge in [0.2, 0.25) is 0 Å². The first-order valence-electron chi connectivity index (χ1n) is 7.21. The lowest BCUT2D eigenvalue weighted by molar-refractivity contribution is 0.0667. The number of hydrogen-bond donors (Lipinski definition) is 1. The minimum atomic E-state index is -2.55. The first-order valence-corrected chi connectivity index (χ1v) is 7.21. The van der Waals surface area contributed by atoms with Crippen LogP contribution < -0.4 is 5.32 Å². The molecule has 2 aromatic rings. The summed E-state index contributed by atoms with van der Waals surface area (Å²) in [4.78, 5) is 4.00. The van der Waals surface area contributed by atoms with Gasteiger partial charge in [-0.05, 0) is 24.1 Å². The number of alkyl halides is 2. The zero-order chi connectivity index (χ0) is 15.4. The maximum Gasteiger partial charge on any atom is 0.319 e. The van der Waals surface area contributed by atoms with Gasteiger partial charge >= 0.3 is 6.55 Å². The molecule has 2 heterocycles. The summed E-state index contributed by atoms with van der Waals surface area (Å²) in [6.07, 6.45) is 6.62. The summed E-state index contributed by atoms with van der Waals surface area (Å²) >= 11 is 0. The second-order valence-electron chi connectivity index (χ2n) is 5.42. The Morgan fingerprint density at radius 3 is 2.67 bits per heavy atom. The van der Waals surface area contributed by atoms with Crippen LogP contribution in [-0.2, 0) is 6.54 Å². The van der Waals surface area contributed by atoms with E-state index in [1.165, 1.54) is 18.0 Å². The number of aromatic nitrogens is 3. The standard InChI is InChI=1S/C15H22F2N4/c1-4-18-14(11(2)3)12-5-7-20(9-12)10-13-19-6-8-21(13)15(16)17/h5-9,11,14-15,18H,4,10H2,1-3H3. The lowest BCUT2D eigenvalue weighted by atomic mass is 9.98. The van der Waals surface area contributed by atoms with Gasteiger partial charge in [-0.15, -0.1) is 0 Å². The van der Waals surface area contributed by atoms with Crippen molar-refractivity contribution < 1.29 is 8.78 Å². The van der Waals surface area contributed by atoms with Crippen molar-refractivity contribution in [1.29, 1.82) is 0 Å². The summed E-state index contributed by atoms with van der Waals surface area (Å²) in [5, 5.41) is 3.45. The molecule has 21 heavy (non-hydrogen) atoms. The molecule has 0 spiro atoms. The zero-order valence-electron chi connectivity index (χ0n) is 12.6. The minimum Gasteiger partial charge on any atom is -0.346 e. The minimum absolute atomic E-state index is 0.270. The lowest BCUT2D eigenvalue weighted by Gasteiger charge is -2.20. The molecule has 0 aliphatic carbocycles. The van der Waals surface area contributed by atoms with E-state index in [1.54, 1.807) is 0 Å². The Morgan fingerprint density at radius 1 is 1.29 bits per heavy atom. The van der Waals surface area contributed by atoms with Crippen LogP contribution in [0.15, 0.2) is 30.9 Å². The van der Waals surface area contributed by atoms with Crippen LogP contribution in [-0.4, -0.2) is 20.7 Å². The molecule has 0 bridgehead atoms. The Bertz CT molecular complexity index is 560. The van der Waals surface area contributed by atoms with E-state index in [0.29, 0.717) is 18.3 Å². The van der Waals surface area contributed by atoms with E-state index in [0.717, 1.165) is 11.1 Å². The Hall–Kier alpha value is -1.69. The average molecular weight is 296 g/mol. The van der Waals surface area contributed by atoms with E-state index >= 15 is 0 Å². The SMILES string of the molecule is CCNC(c1ccn(Cc2nccn2C(F)F)c1)C(C)C. The van der Waals surface area contributed by atoms with E-state index in [-0.39, 0.29) is 6.04 Å². The molecule has 4 nitrogen and oxygen atoms in total. The summed E-state index contributed by atoms with van der Waals surface area (Å²) in [5.74, 6) is 0.820. The van der Waals surface area contributed by atoms with Crippen molar-refractivity contribution in [3.63, 3.8) is 0 Å². The first-order chi connectivity index (χ1) is 10.0. The highest BCUT2D eigenvalue weighted by atomic mass is 19.3. The van der Waals surface area contributed by atoms with E-state index in [4.69, 9.17) is 0 Å². The predicted molar refractivity (Wildman–Crippen MR) is 78.3 cm³/mol. The van der Waals surface area contributed by atoms with Crippen LogP contribution in [0.1, 0.15) is 44.8 Å². The molecule has 116 valence electrons. The molecule has 6 heteroatoms. The van der Waals surface area contributed by atoms with Crippen molar-refractivity contribution in [3.8, 4) is 0 Å². The molecule has 2 rings (SSSR count). The molecule has 0 aliphatic rings. The van der Waals surface area contributed by atoms with E-state index in [9.17, 15) is 8.78 Å². The van der Waals surface area contributed by atoms with Crippen molar-refractivity contribution >= 4 is 0 Å². The van der Waals surface area contributed by atoms with Gasteiger partial charge in [-0.1, -0.05) is 20.8 Å². The quantitative estimate of drug-likeness (QED) is 0.849. The predicted octanol–water partition coefficient (Wildman–Crippen LogP) is 3.43. The van der Waals surface area contributed by atoms with Gasteiger partial charge < -0.3 is 9.88 Å². The Morgan fingerprint density at radius 2 is 2.05 bits per heavy atom. The molecular formula is C15H22F2N4. The fourth-order valence-electron chi connectivity index (χ4n) is 2.51. The number of hydrogen-bond acceptors (Lipinski definition) is 2. The third-order valence-electron chi connectivity index (χ3n) is 3.51. The van der Waals surface area contributed by atoms with Crippen LogP contribution in [0.4, 0.5) is 8.78 Å². The maximum atomic E-state index is 12.8. The molecule has 0 aliphatic heterocycles. The van der Waals surface area contributed by atoms with Crippen LogP contribution in [0.2, 0.25) is 0 Å². The van der Waals surface area contributed by atoms with Crippen LogP contribution in [0.5, 0.6) is 0 Å². The van der Waals surface area contributed by atoms with Gasteiger partial charge in [0.1, 0.15) is 5.82 Å². The van der Waals surface area contributed by atoms with Gasteiger partial charge in [0.15, 0.2) is 0 Å². The normalized spacial score (nSPS) is 13.3. The van der Waals surface area contributed by atoms with Crippen LogP contribution in [0.25, 0.3) is 0 Å². The van der Waals surface area contributed by atoms with Crippen LogP contribution in [0, 0.1) is 5.92 Å². The number of rotatable bonds is 7. The van der Waals surface area contributed by atoms with Gasteiger partial charge in [-0.25, -0.2) is 4.98 Å². The van der Waals surface area contributed by atoms with E-state index in [1.807, 2.05) is 23.0 Å². The van der Waals surface area contributed by atoms with Crippen molar-refractivity contribution in [2.24, 2.45) is 5.92 Å². The highest BCUT2D eigenvalue weighted by Gasteiger charge is 2.16. The van der Waals surface area contributed by atoms with Crippen LogP contribution >= 0.6 is 0 Å². The van der Waals surface area contributed by atoms with E-state index < -0.39 is 6.55 Å². The topological polar surface area (TPSA) is 34.8 Å². The molecular weight excluding hydrogens is 274 g/mol. The third kappa shape index (κ3) is 3.69. The van der Waals surface area contributed by atoms with Gasteiger partial charge in [-0.3, -0.25) is 4.57 Å². The number of imidazole rings is 1. The first kappa shape index (κ1) is 15.7. The van der Waals surface area contributed by atoms with Crippen molar-refractivity contribution in [1.82, 2.24) is 19.4 Å². The van der Waals surface area contributed by atoms with Crippen LogP contribution in [0.3, 0.4) is 0 Å². The summed E-state index contributed by atoms with van der Waals surface area (Å²) < 4.78 is 28.4. The smallest absolute Gasteiger partial charge is 0.319 e. The largest absolute Gasteiger partial charge is 0.346 e. The second kappa shape index (κ2) is 6.85. The van der Waals surface area contributed by atoms with E-state index in [2.05, 4.69) is 31.1 Å². The Balaban J connectivity index is 2.14. The van der Waals surface area contributed by atoms with Gasteiger partial charge in [0, 0.05) is 30.8 Å². The highest BCUT2D eigenvalue weighted by molar-refractivity contribution is 5.17.